The molecule has 0 radical (unpaired) electrons. The molecular weight excluding hydrogens is 252 g/mol. The molecule has 0 rings (SSSR count). The largest absolute Gasteiger partial charge is 0.493 e. The minimum Gasteiger partial charge on any atom is -0.493 e. The Kier molecular flexibility index (Phi) is 7.73. The van der Waals surface area contributed by atoms with Crippen molar-refractivity contribution in [3.63, 3.8) is 0 Å². The first kappa shape index (κ1) is 16.7. The van der Waals surface area contributed by atoms with E-state index in [4.69, 9.17) is 23.1 Å². The van der Waals surface area contributed by atoms with Gasteiger partial charge in [-0.1, -0.05) is 6.92 Å². The van der Waals surface area contributed by atoms with E-state index in [1.165, 1.54) is 6.08 Å². The van der Waals surface area contributed by atoms with Crippen LogP contribution in [0.3, 0.4) is 0 Å². The summed E-state index contributed by atoms with van der Waals surface area (Å²) in [6.45, 7) is 1.97. The van der Waals surface area contributed by atoms with Crippen molar-refractivity contribution < 1.29 is 14.7 Å². The van der Waals surface area contributed by atoms with Crippen LogP contribution in [-0.2, 0) is 9.63 Å². The van der Waals surface area contributed by atoms with Gasteiger partial charge in [-0.15, -0.1) is 0 Å². The second kappa shape index (κ2) is 8.78. The summed E-state index contributed by atoms with van der Waals surface area (Å²) in [5.41, 5.74) is 15.2. The number of nitrogens with zero attached hydrogens (tertiary/aromatic N) is 1. The molecule has 0 heterocycles. The van der Waals surface area contributed by atoms with Crippen molar-refractivity contribution in [2.75, 3.05) is 6.61 Å². The van der Waals surface area contributed by atoms with Gasteiger partial charge in [0.25, 0.3) is 5.91 Å². The first-order valence-electron chi connectivity index (χ1n) is 5.49. The first-order chi connectivity index (χ1) is 8.96. The zero-order valence-electron chi connectivity index (χ0n) is 10.7. The van der Waals surface area contributed by atoms with E-state index >= 15 is 0 Å². The van der Waals surface area contributed by atoms with E-state index < -0.39 is 17.5 Å². The Morgan fingerprint density at radius 2 is 2.16 bits per heavy atom. The minimum absolute atomic E-state index is 0.0761. The number of nitrogens with one attached hydrogen (secondary N) is 1. The van der Waals surface area contributed by atoms with Crippen molar-refractivity contribution in [3.8, 4) is 0 Å². The summed E-state index contributed by atoms with van der Waals surface area (Å²) in [5, 5.41) is 12.4. The van der Waals surface area contributed by atoms with E-state index in [-0.39, 0.29) is 18.5 Å². The van der Waals surface area contributed by atoms with Crippen LogP contribution in [0.2, 0.25) is 0 Å². The van der Waals surface area contributed by atoms with Crippen molar-refractivity contribution in [2.45, 2.75) is 19.4 Å². The van der Waals surface area contributed by atoms with Crippen LogP contribution in [-0.4, -0.2) is 29.5 Å². The third-order valence-corrected chi connectivity index (χ3v) is 2.10. The Labute approximate surface area is 110 Å². The van der Waals surface area contributed by atoms with Gasteiger partial charge in [-0.3, -0.25) is 4.79 Å². The molecule has 0 spiro atoms. The number of carbonyl (C=O) groups is 1. The highest BCUT2D eigenvalue weighted by atomic mass is 16.6. The second-order valence-corrected chi connectivity index (χ2v) is 3.54. The molecule has 0 aliphatic rings. The highest BCUT2D eigenvalue weighted by Gasteiger charge is 2.15. The molecule has 9 nitrogen and oxygen atoms in total. The fourth-order valence-electron chi connectivity index (χ4n) is 1.13. The number of primary amides is 1. The van der Waals surface area contributed by atoms with Gasteiger partial charge in [0.1, 0.15) is 5.84 Å². The summed E-state index contributed by atoms with van der Waals surface area (Å²) >= 11 is 0. The topological polar surface area (TPSA) is 175 Å². The SMILES string of the molecule is CCC(CON)N\C(O)=C(/N=C(N)\C=C/N)C(N)=O. The molecule has 1 amide bonds. The number of hydrogen-bond donors (Lipinski definition) is 6. The van der Waals surface area contributed by atoms with E-state index in [2.05, 4.69) is 15.1 Å². The van der Waals surface area contributed by atoms with Crippen molar-refractivity contribution in [2.24, 2.45) is 28.1 Å². The molecule has 0 saturated carbocycles. The second-order valence-electron chi connectivity index (χ2n) is 3.54. The quantitative estimate of drug-likeness (QED) is 0.100. The number of nitrogens with two attached hydrogens (primary N) is 4. The number of amidine groups is 1. The third-order valence-electron chi connectivity index (χ3n) is 2.10. The normalized spacial score (nSPS) is 15.2. The van der Waals surface area contributed by atoms with E-state index in [0.717, 1.165) is 6.20 Å². The number of aliphatic imine (C=N–C) groups is 1. The predicted molar refractivity (Wildman–Crippen MR) is 71.2 cm³/mol. The summed E-state index contributed by atoms with van der Waals surface area (Å²) < 4.78 is 0. The zero-order valence-corrected chi connectivity index (χ0v) is 10.7. The van der Waals surface area contributed by atoms with E-state index in [1.54, 1.807) is 0 Å². The molecule has 0 aromatic carbocycles. The number of rotatable bonds is 8. The number of amides is 1. The van der Waals surface area contributed by atoms with Crippen LogP contribution in [0.5, 0.6) is 0 Å². The van der Waals surface area contributed by atoms with Crippen LogP contribution in [0.15, 0.2) is 28.8 Å². The van der Waals surface area contributed by atoms with Crippen LogP contribution < -0.4 is 28.4 Å². The summed E-state index contributed by atoms with van der Waals surface area (Å²) in [6, 6.07) is -0.305. The number of carbonyl (C=O) groups excluding carboxylic acids is 1. The molecule has 0 aliphatic heterocycles. The number of hydrogen-bond acceptors (Lipinski definition) is 7. The van der Waals surface area contributed by atoms with Crippen molar-refractivity contribution in [1.29, 1.82) is 0 Å². The maximum absolute atomic E-state index is 11.2. The summed E-state index contributed by atoms with van der Waals surface area (Å²) in [7, 11) is 0. The molecule has 1 unspecified atom stereocenters. The van der Waals surface area contributed by atoms with Gasteiger partial charge in [0.15, 0.2) is 5.70 Å². The molecule has 0 saturated heterocycles. The lowest BCUT2D eigenvalue weighted by Gasteiger charge is -2.16. The highest BCUT2D eigenvalue weighted by Crippen LogP contribution is 2.03. The van der Waals surface area contributed by atoms with Gasteiger partial charge < -0.3 is 32.5 Å². The molecule has 1 atom stereocenters. The molecule has 0 aromatic rings. The maximum atomic E-state index is 11.2. The van der Waals surface area contributed by atoms with Crippen LogP contribution in [0.4, 0.5) is 0 Å². The Bertz CT molecular complexity index is 391. The van der Waals surface area contributed by atoms with Crippen LogP contribution in [0.25, 0.3) is 0 Å². The van der Waals surface area contributed by atoms with Crippen molar-refractivity contribution in [3.05, 3.63) is 23.9 Å². The first-order valence-corrected chi connectivity index (χ1v) is 5.49. The number of aliphatic hydroxyl groups excluding tert-OH is 1. The zero-order chi connectivity index (χ0) is 14.8. The van der Waals surface area contributed by atoms with E-state index in [9.17, 15) is 9.90 Å². The van der Waals surface area contributed by atoms with Gasteiger partial charge in [0.05, 0.1) is 12.6 Å². The van der Waals surface area contributed by atoms with Crippen LogP contribution >= 0.6 is 0 Å². The molecular formula is C10H20N6O3. The van der Waals surface area contributed by atoms with Gasteiger partial charge in [-0.25, -0.2) is 10.9 Å². The Balaban J connectivity index is 5.17. The lowest BCUT2D eigenvalue weighted by atomic mass is 10.2. The third kappa shape index (κ3) is 6.29. The molecule has 10 N–H and O–H groups in total. The number of aliphatic hydroxyl groups is 1. The van der Waals surface area contributed by atoms with Crippen LogP contribution in [0.1, 0.15) is 13.3 Å². The van der Waals surface area contributed by atoms with Gasteiger partial charge in [0.2, 0.25) is 5.88 Å². The monoisotopic (exact) mass is 272 g/mol. The van der Waals surface area contributed by atoms with Crippen molar-refractivity contribution in [1.82, 2.24) is 5.32 Å². The Morgan fingerprint density at radius 3 is 2.58 bits per heavy atom. The average Bonchev–Trinajstić information content (AvgIpc) is 2.35. The average molecular weight is 272 g/mol. The smallest absolute Gasteiger partial charge is 0.272 e. The molecule has 0 aliphatic carbocycles. The molecule has 19 heavy (non-hydrogen) atoms. The van der Waals surface area contributed by atoms with Crippen LogP contribution in [0, 0.1) is 0 Å². The van der Waals surface area contributed by atoms with Gasteiger partial charge in [-0.05, 0) is 18.7 Å². The minimum atomic E-state index is -0.943. The lowest BCUT2D eigenvalue weighted by Crippen LogP contribution is -2.35. The molecule has 0 bridgehead atoms. The summed E-state index contributed by atoms with van der Waals surface area (Å²) in [5.74, 6) is 3.41. The van der Waals surface area contributed by atoms with E-state index in [1.807, 2.05) is 6.92 Å². The molecule has 108 valence electrons. The molecule has 0 aromatic heterocycles. The lowest BCUT2D eigenvalue weighted by molar-refractivity contribution is -0.114. The summed E-state index contributed by atoms with van der Waals surface area (Å²) in [6.07, 6.45) is 2.98. The van der Waals surface area contributed by atoms with Gasteiger partial charge >= 0.3 is 0 Å². The molecule has 9 heteroatoms. The van der Waals surface area contributed by atoms with Crippen molar-refractivity contribution >= 4 is 11.7 Å². The van der Waals surface area contributed by atoms with Gasteiger partial charge in [-0.2, -0.15) is 0 Å². The Hall–Kier alpha value is -2.26. The standard InChI is InChI=1S/C10H20N6O3/c1-2-6(5-19-14)15-10(18)8(9(13)17)16-7(12)3-4-11/h3-4,6,15,18H,2,5,11,14H2,1H3,(H2,12,16)(H2,13,17)/b4-3-,10-8+. The fourth-order valence-corrected chi connectivity index (χ4v) is 1.13. The van der Waals surface area contributed by atoms with Gasteiger partial charge in [0, 0.05) is 0 Å². The highest BCUT2D eigenvalue weighted by molar-refractivity contribution is 5.99. The van der Waals surface area contributed by atoms with E-state index in [0.29, 0.717) is 6.42 Å². The summed E-state index contributed by atoms with van der Waals surface area (Å²) in [4.78, 5) is 19.3. The Morgan fingerprint density at radius 1 is 1.53 bits per heavy atom. The maximum Gasteiger partial charge on any atom is 0.272 e. The predicted octanol–water partition coefficient (Wildman–Crippen LogP) is -1.71. The molecule has 0 fully saturated rings. The fraction of sp³-hybridized carbons (Fsp3) is 0.400.